The molecule has 0 radical (unpaired) electrons. The molecule has 2 aromatic carbocycles. The number of ketones is 1. The van der Waals surface area contributed by atoms with E-state index in [1.807, 2.05) is 18.2 Å². The van der Waals surface area contributed by atoms with E-state index in [0.29, 0.717) is 23.3 Å². The molecule has 28 heavy (non-hydrogen) atoms. The zero-order valence-electron chi connectivity index (χ0n) is 16.5. The van der Waals surface area contributed by atoms with Gasteiger partial charge in [-0.05, 0) is 37.4 Å². The molecular weight excluding hydrogens is 354 g/mol. The topological polar surface area (TPSA) is 55.8 Å². The number of esters is 1. The highest BCUT2D eigenvalue weighted by molar-refractivity contribution is 6.08. The molecule has 148 valence electrons. The van der Waals surface area contributed by atoms with Crippen molar-refractivity contribution >= 4 is 11.8 Å². The van der Waals surface area contributed by atoms with Crippen LogP contribution in [0.5, 0.6) is 5.75 Å². The van der Waals surface area contributed by atoms with Gasteiger partial charge in [-0.2, -0.15) is 0 Å². The van der Waals surface area contributed by atoms with E-state index in [-0.39, 0.29) is 5.78 Å². The Morgan fingerprint density at radius 1 is 1.00 bits per heavy atom. The summed E-state index contributed by atoms with van der Waals surface area (Å²) in [6.45, 7) is 10.2. The number of hydrogen-bond acceptors (Lipinski definition) is 5. The Bertz CT molecular complexity index is 767. The van der Waals surface area contributed by atoms with E-state index in [1.54, 1.807) is 36.4 Å². The minimum absolute atomic E-state index is 0.0525. The van der Waals surface area contributed by atoms with Gasteiger partial charge in [0, 0.05) is 30.2 Å². The van der Waals surface area contributed by atoms with Crippen LogP contribution >= 0.6 is 0 Å². The SMILES string of the molecule is C=CC(=O)OC(CCN(CC)CC)Oc1ccc(C(=O)c2ccccc2)cc1. The fourth-order valence-corrected chi connectivity index (χ4v) is 2.74. The Labute approximate surface area is 166 Å². The molecule has 5 heteroatoms. The van der Waals surface area contributed by atoms with E-state index in [4.69, 9.17) is 9.47 Å². The molecule has 0 bridgehead atoms. The summed E-state index contributed by atoms with van der Waals surface area (Å²) in [6.07, 6.45) is 0.934. The minimum Gasteiger partial charge on any atom is -0.455 e. The van der Waals surface area contributed by atoms with E-state index in [0.717, 1.165) is 25.7 Å². The summed E-state index contributed by atoms with van der Waals surface area (Å²) in [5.74, 6) is -0.0465. The molecule has 0 aliphatic heterocycles. The van der Waals surface area contributed by atoms with E-state index < -0.39 is 12.3 Å². The first-order valence-electron chi connectivity index (χ1n) is 9.49. The standard InChI is InChI=1S/C23H27NO4/c1-4-21(25)28-22(16-17-24(5-2)6-3)27-20-14-12-19(13-15-20)23(26)18-10-8-7-9-11-18/h4,7-15,22H,1,5-6,16-17H2,2-3H3. The molecule has 0 spiro atoms. The number of ether oxygens (including phenoxy) is 2. The molecule has 1 atom stereocenters. The summed E-state index contributed by atoms with van der Waals surface area (Å²) < 4.78 is 11.2. The monoisotopic (exact) mass is 381 g/mol. The van der Waals surface area contributed by atoms with Crippen LogP contribution in [-0.2, 0) is 9.53 Å². The molecule has 0 saturated carbocycles. The van der Waals surface area contributed by atoms with Crippen molar-refractivity contribution in [2.45, 2.75) is 26.6 Å². The molecule has 2 aromatic rings. The fourth-order valence-electron chi connectivity index (χ4n) is 2.74. The van der Waals surface area contributed by atoms with E-state index >= 15 is 0 Å². The van der Waals surface area contributed by atoms with Gasteiger partial charge in [0.05, 0.1) is 0 Å². The molecule has 0 aromatic heterocycles. The average molecular weight is 381 g/mol. The highest BCUT2D eigenvalue weighted by Crippen LogP contribution is 2.18. The molecular formula is C23H27NO4. The highest BCUT2D eigenvalue weighted by Gasteiger charge is 2.16. The summed E-state index contributed by atoms with van der Waals surface area (Å²) in [6, 6.07) is 15.9. The Hall–Kier alpha value is -2.92. The van der Waals surface area contributed by atoms with Crippen molar-refractivity contribution in [3.63, 3.8) is 0 Å². The van der Waals surface area contributed by atoms with Crippen LogP contribution in [0.4, 0.5) is 0 Å². The zero-order chi connectivity index (χ0) is 20.4. The van der Waals surface area contributed by atoms with Gasteiger partial charge in [-0.1, -0.05) is 50.8 Å². The first-order chi connectivity index (χ1) is 13.6. The Morgan fingerprint density at radius 2 is 1.61 bits per heavy atom. The lowest BCUT2D eigenvalue weighted by molar-refractivity contribution is -0.158. The summed E-state index contributed by atoms with van der Waals surface area (Å²) in [4.78, 5) is 26.3. The van der Waals surface area contributed by atoms with Crippen LogP contribution in [0.3, 0.4) is 0 Å². The van der Waals surface area contributed by atoms with Crippen molar-refractivity contribution in [3.05, 3.63) is 78.4 Å². The molecule has 0 fully saturated rings. The summed E-state index contributed by atoms with van der Waals surface area (Å²) in [7, 11) is 0. The normalized spacial score (nSPS) is 11.7. The van der Waals surface area contributed by atoms with Gasteiger partial charge < -0.3 is 14.4 Å². The lowest BCUT2D eigenvalue weighted by atomic mass is 10.0. The van der Waals surface area contributed by atoms with E-state index in [9.17, 15) is 9.59 Å². The average Bonchev–Trinajstić information content (AvgIpc) is 2.74. The van der Waals surface area contributed by atoms with Gasteiger partial charge in [-0.15, -0.1) is 0 Å². The second kappa shape index (κ2) is 11.0. The van der Waals surface area contributed by atoms with Crippen molar-refractivity contribution in [2.75, 3.05) is 19.6 Å². The maximum atomic E-state index is 12.5. The molecule has 0 amide bonds. The molecule has 0 heterocycles. The molecule has 0 aliphatic carbocycles. The molecule has 0 saturated heterocycles. The van der Waals surface area contributed by atoms with Crippen LogP contribution in [0.1, 0.15) is 36.2 Å². The smallest absolute Gasteiger partial charge is 0.333 e. The quantitative estimate of drug-likeness (QED) is 0.254. The highest BCUT2D eigenvalue weighted by atomic mass is 16.7. The minimum atomic E-state index is -0.721. The van der Waals surface area contributed by atoms with Gasteiger partial charge in [0.2, 0.25) is 6.29 Å². The maximum Gasteiger partial charge on any atom is 0.333 e. The molecule has 0 aliphatic rings. The number of hydrogen-bond donors (Lipinski definition) is 0. The van der Waals surface area contributed by atoms with Crippen LogP contribution < -0.4 is 4.74 Å². The van der Waals surface area contributed by atoms with Gasteiger partial charge in [0.15, 0.2) is 5.78 Å². The first-order valence-corrected chi connectivity index (χ1v) is 9.49. The zero-order valence-corrected chi connectivity index (χ0v) is 16.5. The first kappa shape index (κ1) is 21.4. The van der Waals surface area contributed by atoms with Crippen molar-refractivity contribution in [2.24, 2.45) is 0 Å². The third-order valence-corrected chi connectivity index (χ3v) is 4.41. The number of carbonyl (C=O) groups is 2. The number of carbonyl (C=O) groups excluding carboxylic acids is 2. The second-order valence-corrected chi connectivity index (χ2v) is 6.22. The van der Waals surface area contributed by atoms with Crippen molar-refractivity contribution in [1.82, 2.24) is 4.90 Å². The van der Waals surface area contributed by atoms with Gasteiger partial charge in [0.1, 0.15) is 5.75 Å². The molecule has 5 nitrogen and oxygen atoms in total. The van der Waals surface area contributed by atoms with Gasteiger partial charge in [-0.25, -0.2) is 4.79 Å². The third-order valence-electron chi connectivity index (χ3n) is 4.41. The molecule has 1 unspecified atom stereocenters. The summed E-state index contributed by atoms with van der Waals surface area (Å²) in [5.41, 5.74) is 1.20. The maximum absolute atomic E-state index is 12.5. The van der Waals surface area contributed by atoms with Crippen LogP contribution in [0, 0.1) is 0 Å². The lowest BCUT2D eigenvalue weighted by Crippen LogP contribution is -2.31. The van der Waals surface area contributed by atoms with Crippen molar-refractivity contribution < 1.29 is 19.1 Å². The van der Waals surface area contributed by atoms with E-state index in [1.165, 1.54) is 0 Å². The number of rotatable bonds is 11. The van der Waals surface area contributed by atoms with Gasteiger partial charge >= 0.3 is 5.97 Å². The van der Waals surface area contributed by atoms with E-state index in [2.05, 4.69) is 25.3 Å². The Balaban J connectivity index is 2.05. The third kappa shape index (κ3) is 6.35. The van der Waals surface area contributed by atoms with Gasteiger partial charge in [-0.3, -0.25) is 4.79 Å². The van der Waals surface area contributed by atoms with Gasteiger partial charge in [0.25, 0.3) is 0 Å². The predicted molar refractivity (Wildman–Crippen MR) is 109 cm³/mol. The second-order valence-electron chi connectivity index (χ2n) is 6.22. The van der Waals surface area contributed by atoms with Crippen LogP contribution in [-0.4, -0.2) is 42.6 Å². The largest absolute Gasteiger partial charge is 0.455 e. The van der Waals surface area contributed by atoms with Crippen LogP contribution in [0.25, 0.3) is 0 Å². The Kier molecular flexibility index (Phi) is 8.43. The number of benzene rings is 2. The Morgan fingerprint density at radius 3 is 2.18 bits per heavy atom. The fraction of sp³-hybridized carbons (Fsp3) is 0.304. The van der Waals surface area contributed by atoms with Crippen LogP contribution in [0.2, 0.25) is 0 Å². The molecule has 2 rings (SSSR count). The van der Waals surface area contributed by atoms with Crippen molar-refractivity contribution in [3.8, 4) is 5.75 Å². The van der Waals surface area contributed by atoms with Crippen molar-refractivity contribution in [1.29, 1.82) is 0 Å². The summed E-state index contributed by atoms with van der Waals surface area (Å²) >= 11 is 0. The summed E-state index contributed by atoms with van der Waals surface area (Å²) in [5, 5.41) is 0. The predicted octanol–water partition coefficient (Wildman–Crippen LogP) is 4.08. The van der Waals surface area contributed by atoms with Crippen LogP contribution in [0.15, 0.2) is 67.3 Å². The lowest BCUT2D eigenvalue weighted by Gasteiger charge is -2.23. The number of nitrogens with zero attached hydrogens (tertiary/aromatic N) is 1. The molecule has 0 N–H and O–H groups in total.